The second-order valence-corrected chi connectivity index (χ2v) is 8.78. The Morgan fingerprint density at radius 1 is 1.31 bits per heavy atom. The third kappa shape index (κ3) is 6.46. The minimum Gasteiger partial charge on any atom is -0.490 e. The number of aliphatic imine (C=N–C) groups is 1. The highest BCUT2D eigenvalue weighted by atomic mass is 16.5. The minimum absolute atomic E-state index is 0.00142. The minimum atomic E-state index is -0.106. The van der Waals surface area contributed by atoms with Crippen LogP contribution in [0.2, 0.25) is 0 Å². The Balaban J connectivity index is 1.91. The van der Waals surface area contributed by atoms with Gasteiger partial charge in [-0.15, -0.1) is 0 Å². The molecule has 182 valence electrons. The lowest BCUT2D eigenvalue weighted by Gasteiger charge is -2.15. The molecule has 6 nitrogen and oxygen atoms in total. The second-order valence-electron chi connectivity index (χ2n) is 8.78. The van der Waals surface area contributed by atoms with E-state index in [1.807, 2.05) is 70.3 Å². The van der Waals surface area contributed by atoms with Crippen LogP contribution in [0.1, 0.15) is 68.0 Å². The van der Waals surface area contributed by atoms with Crippen LogP contribution in [0.5, 0.6) is 5.75 Å². The summed E-state index contributed by atoms with van der Waals surface area (Å²) in [4.78, 5) is 16.8. The first-order chi connectivity index (χ1) is 16.9. The van der Waals surface area contributed by atoms with Gasteiger partial charge in [0.05, 0.1) is 23.4 Å². The molecule has 2 aromatic carbocycles. The van der Waals surface area contributed by atoms with Gasteiger partial charge in [-0.3, -0.25) is 9.79 Å². The summed E-state index contributed by atoms with van der Waals surface area (Å²) in [5.74, 6) is 0.468. The summed E-state index contributed by atoms with van der Waals surface area (Å²) in [6.07, 6.45) is 7.47. The molecule has 0 heterocycles. The Kier molecular flexibility index (Phi) is 8.99. The molecule has 1 aliphatic rings. The molecule has 0 spiro atoms. The summed E-state index contributed by atoms with van der Waals surface area (Å²) in [6.45, 7) is 7.92. The predicted molar refractivity (Wildman–Crippen MR) is 139 cm³/mol. The highest BCUT2D eigenvalue weighted by Gasteiger charge is 2.26. The SMILES string of the molecule is CC=CC(=NC=C(C)c1cccc2c1CCC2NC(=O)COC)c1ccc(OC(C)C)c(C#N)c1. The molecule has 2 aromatic rings. The van der Waals surface area contributed by atoms with Crippen LogP contribution in [0.4, 0.5) is 0 Å². The molecule has 6 heteroatoms. The molecule has 0 aliphatic heterocycles. The van der Waals surface area contributed by atoms with Crippen LogP contribution in [0.15, 0.2) is 59.7 Å². The molecule has 1 atom stereocenters. The number of fused-ring (bicyclic) bond motifs is 1. The summed E-state index contributed by atoms with van der Waals surface area (Å²) in [7, 11) is 1.52. The number of amides is 1. The van der Waals surface area contributed by atoms with Crippen LogP contribution < -0.4 is 10.1 Å². The van der Waals surface area contributed by atoms with E-state index in [1.54, 1.807) is 0 Å². The summed E-state index contributed by atoms with van der Waals surface area (Å²) >= 11 is 0. The molecule has 1 amide bonds. The zero-order valence-electron chi connectivity index (χ0n) is 21.1. The molecule has 0 saturated heterocycles. The van der Waals surface area contributed by atoms with Crippen molar-refractivity contribution in [3.63, 3.8) is 0 Å². The van der Waals surface area contributed by atoms with Crippen LogP contribution in [0.3, 0.4) is 0 Å². The normalized spacial score (nSPS) is 15.9. The fraction of sp³-hybridized carbons (Fsp3) is 0.345. The smallest absolute Gasteiger partial charge is 0.246 e. The first-order valence-electron chi connectivity index (χ1n) is 11.9. The molecule has 0 fully saturated rings. The quantitative estimate of drug-likeness (QED) is 0.488. The third-order valence-electron chi connectivity index (χ3n) is 5.79. The zero-order valence-corrected chi connectivity index (χ0v) is 21.1. The van der Waals surface area contributed by atoms with Crippen LogP contribution >= 0.6 is 0 Å². The van der Waals surface area contributed by atoms with E-state index in [9.17, 15) is 10.1 Å². The number of carbonyl (C=O) groups is 1. The molecule has 3 rings (SSSR count). The first kappa shape index (κ1) is 25.9. The lowest BCUT2D eigenvalue weighted by atomic mass is 9.97. The number of nitrogens with one attached hydrogen (secondary N) is 1. The fourth-order valence-electron chi connectivity index (χ4n) is 4.28. The number of ether oxygens (including phenoxy) is 2. The Morgan fingerprint density at radius 2 is 2.11 bits per heavy atom. The van der Waals surface area contributed by atoms with E-state index in [-0.39, 0.29) is 24.7 Å². The van der Waals surface area contributed by atoms with Crippen molar-refractivity contribution < 1.29 is 14.3 Å². The standard InChI is InChI=1S/C29H33N3O3/c1-6-8-26(21-11-14-28(35-19(2)3)22(15-21)16-30)31-17-20(4)23-9-7-10-25-24(23)12-13-27(25)32-29(33)18-34-5/h6-11,14-15,17,19,27H,12-13,18H2,1-5H3,(H,32,33). The number of hydrogen-bond donors (Lipinski definition) is 1. The highest BCUT2D eigenvalue weighted by Crippen LogP contribution is 2.36. The van der Waals surface area contributed by atoms with Gasteiger partial charge in [0.15, 0.2) is 0 Å². The van der Waals surface area contributed by atoms with Crippen molar-refractivity contribution in [1.82, 2.24) is 5.32 Å². The van der Waals surface area contributed by atoms with E-state index < -0.39 is 0 Å². The lowest BCUT2D eigenvalue weighted by Crippen LogP contribution is -2.30. The molecule has 0 radical (unpaired) electrons. The summed E-state index contributed by atoms with van der Waals surface area (Å²) in [6, 6.07) is 14.0. The predicted octanol–water partition coefficient (Wildman–Crippen LogP) is 5.52. The van der Waals surface area contributed by atoms with Crippen molar-refractivity contribution in [1.29, 1.82) is 5.26 Å². The number of allylic oxidation sites excluding steroid dienone is 3. The van der Waals surface area contributed by atoms with Crippen LogP contribution in [0, 0.1) is 11.3 Å². The van der Waals surface area contributed by atoms with Crippen LogP contribution in [0.25, 0.3) is 5.57 Å². The van der Waals surface area contributed by atoms with E-state index >= 15 is 0 Å². The van der Waals surface area contributed by atoms with Gasteiger partial charge in [0.25, 0.3) is 0 Å². The maximum Gasteiger partial charge on any atom is 0.246 e. The lowest BCUT2D eigenvalue weighted by molar-refractivity contribution is -0.125. The molecular formula is C29H33N3O3. The molecule has 1 aliphatic carbocycles. The van der Waals surface area contributed by atoms with Gasteiger partial charge in [-0.2, -0.15) is 5.26 Å². The number of methoxy groups -OCH3 is 1. The van der Waals surface area contributed by atoms with E-state index in [4.69, 9.17) is 14.5 Å². The summed E-state index contributed by atoms with van der Waals surface area (Å²) < 4.78 is 10.7. The van der Waals surface area contributed by atoms with Crippen molar-refractivity contribution in [2.45, 2.75) is 52.7 Å². The molecule has 0 bridgehead atoms. The van der Waals surface area contributed by atoms with Crippen molar-refractivity contribution in [2.24, 2.45) is 4.99 Å². The maximum absolute atomic E-state index is 12.0. The first-order valence-corrected chi connectivity index (χ1v) is 11.9. The number of nitriles is 1. The van der Waals surface area contributed by atoms with E-state index in [0.717, 1.165) is 40.8 Å². The summed E-state index contributed by atoms with van der Waals surface area (Å²) in [5, 5.41) is 12.7. The molecule has 0 saturated carbocycles. The molecular weight excluding hydrogens is 438 g/mol. The van der Waals surface area contributed by atoms with Gasteiger partial charge in [-0.1, -0.05) is 24.3 Å². The zero-order chi connectivity index (χ0) is 25.4. The number of nitrogens with zero attached hydrogens (tertiary/aromatic N) is 2. The molecule has 1 unspecified atom stereocenters. The van der Waals surface area contributed by atoms with Gasteiger partial charge in [-0.05, 0) is 87.1 Å². The average molecular weight is 472 g/mol. The van der Waals surface area contributed by atoms with Gasteiger partial charge in [0.2, 0.25) is 5.91 Å². The van der Waals surface area contributed by atoms with Gasteiger partial charge >= 0.3 is 0 Å². The molecule has 0 aromatic heterocycles. The van der Waals surface area contributed by atoms with Crippen molar-refractivity contribution in [3.8, 4) is 11.8 Å². The molecule has 1 N–H and O–H groups in total. The van der Waals surface area contributed by atoms with Gasteiger partial charge in [-0.25, -0.2) is 0 Å². The largest absolute Gasteiger partial charge is 0.490 e. The van der Waals surface area contributed by atoms with Gasteiger partial charge < -0.3 is 14.8 Å². The fourth-order valence-corrected chi connectivity index (χ4v) is 4.28. The number of hydrogen-bond acceptors (Lipinski definition) is 5. The van der Waals surface area contributed by atoms with E-state index in [1.165, 1.54) is 12.7 Å². The number of carbonyl (C=O) groups excluding carboxylic acids is 1. The second kappa shape index (κ2) is 12.1. The van der Waals surface area contributed by atoms with Gasteiger partial charge in [0, 0.05) is 18.9 Å². The number of rotatable bonds is 9. The highest BCUT2D eigenvalue weighted by molar-refractivity contribution is 6.09. The van der Waals surface area contributed by atoms with Crippen LogP contribution in [-0.4, -0.2) is 31.4 Å². The van der Waals surface area contributed by atoms with Crippen LogP contribution in [-0.2, 0) is 16.0 Å². The third-order valence-corrected chi connectivity index (χ3v) is 5.79. The average Bonchev–Trinajstić information content (AvgIpc) is 3.24. The van der Waals surface area contributed by atoms with E-state index in [0.29, 0.717) is 11.3 Å². The Morgan fingerprint density at radius 3 is 2.80 bits per heavy atom. The number of benzene rings is 2. The van der Waals surface area contributed by atoms with Crippen molar-refractivity contribution >= 4 is 17.2 Å². The van der Waals surface area contributed by atoms with E-state index in [2.05, 4.69) is 23.5 Å². The monoisotopic (exact) mass is 471 g/mol. The Hall–Kier alpha value is -3.69. The Bertz CT molecular complexity index is 1200. The Labute approximate surface area is 208 Å². The topological polar surface area (TPSA) is 83.7 Å². The van der Waals surface area contributed by atoms with Crippen molar-refractivity contribution in [3.05, 3.63) is 82.6 Å². The maximum atomic E-state index is 12.0. The van der Waals surface area contributed by atoms with Gasteiger partial charge in [0.1, 0.15) is 18.4 Å². The molecule has 35 heavy (non-hydrogen) atoms. The summed E-state index contributed by atoms with van der Waals surface area (Å²) in [5.41, 5.74) is 6.65. The van der Waals surface area contributed by atoms with Crippen molar-refractivity contribution in [2.75, 3.05) is 13.7 Å².